The van der Waals surface area contributed by atoms with Crippen LogP contribution in [0, 0.1) is 13.8 Å². The average molecular weight is 566 g/mol. The highest BCUT2D eigenvalue weighted by Gasteiger charge is 2.33. The van der Waals surface area contributed by atoms with Crippen LogP contribution < -0.4 is 14.4 Å². The van der Waals surface area contributed by atoms with Gasteiger partial charge in [0.1, 0.15) is 18.3 Å². The summed E-state index contributed by atoms with van der Waals surface area (Å²) in [5.41, 5.74) is 3.09. The predicted molar refractivity (Wildman–Crippen MR) is 158 cm³/mol. The average Bonchev–Trinajstić information content (AvgIpc) is 2.93. The number of sulfonamides is 1. The topological polar surface area (TPSA) is 96.0 Å². The van der Waals surface area contributed by atoms with Crippen molar-refractivity contribution in [2.75, 3.05) is 24.0 Å². The number of nitrogens with one attached hydrogen (secondary N) is 1. The summed E-state index contributed by atoms with van der Waals surface area (Å²) in [6.07, 6.45) is 0.372. The van der Waals surface area contributed by atoms with Crippen molar-refractivity contribution in [1.82, 2.24) is 10.2 Å². The summed E-state index contributed by atoms with van der Waals surface area (Å²) in [5.74, 6) is -0.166. The van der Waals surface area contributed by atoms with Crippen molar-refractivity contribution in [3.8, 4) is 5.75 Å². The molecule has 0 radical (unpaired) electrons. The lowest BCUT2D eigenvalue weighted by Gasteiger charge is -2.33. The van der Waals surface area contributed by atoms with E-state index in [1.165, 1.54) is 17.0 Å². The van der Waals surface area contributed by atoms with Crippen molar-refractivity contribution in [2.24, 2.45) is 0 Å². The van der Waals surface area contributed by atoms with E-state index in [4.69, 9.17) is 4.74 Å². The number of hydrogen-bond donors (Lipinski definition) is 1. The van der Waals surface area contributed by atoms with E-state index >= 15 is 0 Å². The first kappa shape index (κ1) is 30.7. The fourth-order valence-corrected chi connectivity index (χ4v) is 5.84. The Morgan fingerprint density at radius 2 is 1.55 bits per heavy atom. The van der Waals surface area contributed by atoms with E-state index < -0.39 is 28.5 Å². The standard InChI is InChI=1S/C31H39N3O5S/c1-6-29(31(36)32-7-2)33(21-25-12-10-9-11-24(25)5)30(35)22-34(26-15-17-27(18-16-26)39-8-3)40(37,38)28-19-13-23(4)14-20-28/h9-20,29H,6-8,21-22H2,1-5H3,(H,32,36)/t29-/m1/s1. The van der Waals surface area contributed by atoms with Gasteiger partial charge in [-0.25, -0.2) is 8.42 Å². The van der Waals surface area contributed by atoms with Gasteiger partial charge in [0.25, 0.3) is 10.0 Å². The van der Waals surface area contributed by atoms with Crippen molar-refractivity contribution in [2.45, 2.75) is 58.5 Å². The number of carbonyl (C=O) groups is 2. The van der Waals surface area contributed by atoms with Gasteiger partial charge in [-0.1, -0.05) is 48.9 Å². The summed E-state index contributed by atoms with van der Waals surface area (Å²) >= 11 is 0. The highest BCUT2D eigenvalue weighted by molar-refractivity contribution is 7.92. The van der Waals surface area contributed by atoms with Crippen LogP contribution in [0.4, 0.5) is 5.69 Å². The van der Waals surface area contributed by atoms with Crippen LogP contribution in [-0.4, -0.2) is 50.9 Å². The van der Waals surface area contributed by atoms with E-state index in [-0.39, 0.29) is 17.3 Å². The first-order chi connectivity index (χ1) is 19.1. The monoisotopic (exact) mass is 565 g/mol. The number of amides is 2. The molecule has 214 valence electrons. The number of hydrogen-bond acceptors (Lipinski definition) is 5. The highest BCUT2D eigenvalue weighted by Crippen LogP contribution is 2.27. The zero-order valence-electron chi connectivity index (χ0n) is 23.9. The molecule has 0 saturated carbocycles. The maximum absolute atomic E-state index is 14.1. The molecule has 40 heavy (non-hydrogen) atoms. The van der Waals surface area contributed by atoms with E-state index in [9.17, 15) is 18.0 Å². The Morgan fingerprint density at radius 3 is 2.12 bits per heavy atom. The zero-order valence-corrected chi connectivity index (χ0v) is 24.7. The number of benzene rings is 3. The normalized spacial score (nSPS) is 11.9. The lowest BCUT2D eigenvalue weighted by atomic mass is 10.1. The maximum Gasteiger partial charge on any atom is 0.264 e. The lowest BCUT2D eigenvalue weighted by Crippen LogP contribution is -2.52. The predicted octanol–water partition coefficient (Wildman–Crippen LogP) is 4.84. The number of nitrogens with zero attached hydrogens (tertiary/aromatic N) is 2. The summed E-state index contributed by atoms with van der Waals surface area (Å²) in [4.78, 5) is 28.7. The molecule has 0 aliphatic carbocycles. The van der Waals surface area contributed by atoms with Crippen molar-refractivity contribution in [3.05, 3.63) is 89.5 Å². The summed E-state index contributed by atoms with van der Waals surface area (Å²) in [5, 5.41) is 2.82. The molecule has 0 aliphatic rings. The van der Waals surface area contributed by atoms with Gasteiger partial charge in [-0.2, -0.15) is 0 Å². The quantitative estimate of drug-likeness (QED) is 0.320. The Hall–Kier alpha value is -3.85. The molecule has 9 heteroatoms. The minimum Gasteiger partial charge on any atom is -0.494 e. The largest absolute Gasteiger partial charge is 0.494 e. The van der Waals surface area contributed by atoms with E-state index in [0.717, 1.165) is 21.0 Å². The van der Waals surface area contributed by atoms with Gasteiger partial charge in [-0.05, 0) is 81.6 Å². The first-order valence-electron chi connectivity index (χ1n) is 13.6. The number of ether oxygens (including phenoxy) is 1. The van der Waals surface area contributed by atoms with Crippen molar-refractivity contribution in [1.29, 1.82) is 0 Å². The number of anilines is 1. The van der Waals surface area contributed by atoms with Gasteiger partial charge in [-0.15, -0.1) is 0 Å². The smallest absolute Gasteiger partial charge is 0.264 e. The molecular weight excluding hydrogens is 526 g/mol. The Balaban J connectivity index is 2.07. The molecule has 1 N–H and O–H groups in total. The molecule has 8 nitrogen and oxygen atoms in total. The van der Waals surface area contributed by atoms with Crippen LogP contribution in [0.15, 0.2) is 77.7 Å². The van der Waals surface area contributed by atoms with Crippen molar-refractivity contribution in [3.63, 3.8) is 0 Å². The van der Waals surface area contributed by atoms with Gasteiger partial charge in [0.15, 0.2) is 0 Å². The molecule has 3 aromatic carbocycles. The third-order valence-corrected chi connectivity index (χ3v) is 8.45. The molecule has 3 aromatic rings. The molecule has 1 atom stereocenters. The molecule has 3 rings (SSSR count). The summed E-state index contributed by atoms with van der Waals surface area (Å²) in [7, 11) is -4.12. The van der Waals surface area contributed by atoms with Crippen LogP contribution in [0.2, 0.25) is 0 Å². The Labute approximate surface area is 238 Å². The van der Waals surface area contributed by atoms with Crippen LogP contribution in [0.1, 0.15) is 43.9 Å². The van der Waals surface area contributed by atoms with Crippen LogP contribution in [-0.2, 0) is 26.2 Å². The molecule has 0 heterocycles. The summed E-state index contributed by atoms with van der Waals surface area (Å²) < 4.78 is 34.5. The minimum absolute atomic E-state index is 0.0704. The summed E-state index contributed by atoms with van der Waals surface area (Å²) in [6.45, 7) is 9.92. The second-order valence-corrected chi connectivity index (χ2v) is 11.4. The second kappa shape index (κ2) is 14.0. The fourth-order valence-electron chi connectivity index (χ4n) is 4.42. The van der Waals surface area contributed by atoms with Gasteiger partial charge in [0.05, 0.1) is 17.2 Å². The fraction of sp³-hybridized carbons (Fsp3) is 0.355. The van der Waals surface area contributed by atoms with Crippen molar-refractivity contribution < 1.29 is 22.7 Å². The van der Waals surface area contributed by atoms with Crippen LogP contribution in [0.5, 0.6) is 5.75 Å². The van der Waals surface area contributed by atoms with E-state index in [2.05, 4.69) is 5.32 Å². The molecule has 0 aromatic heterocycles. The molecule has 2 amide bonds. The third kappa shape index (κ3) is 7.41. The van der Waals surface area contributed by atoms with Gasteiger partial charge in [0.2, 0.25) is 11.8 Å². The van der Waals surface area contributed by atoms with Crippen LogP contribution >= 0.6 is 0 Å². The molecule has 0 aliphatic heterocycles. The molecule has 0 saturated heterocycles. The number of likely N-dealkylation sites (N-methyl/N-ethyl adjacent to an activating group) is 1. The van der Waals surface area contributed by atoms with Crippen molar-refractivity contribution >= 4 is 27.5 Å². The van der Waals surface area contributed by atoms with Gasteiger partial charge in [-0.3, -0.25) is 13.9 Å². The summed E-state index contributed by atoms with van der Waals surface area (Å²) in [6, 6.07) is 20.0. The number of aryl methyl sites for hydroxylation is 2. The minimum atomic E-state index is -4.12. The Morgan fingerprint density at radius 1 is 0.900 bits per heavy atom. The van der Waals surface area contributed by atoms with E-state index in [1.807, 2.05) is 58.9 Å². The van der Waals surface area contributed by atoms with Gasteiger partial charge in [0, 0.05) is 13.1 Å². The molecular formula is C31H39N3O5S. The molecule has 0 spiro atoms. The number of carbonyl (C=O) groups excluding carboxylic acids is 2. The number of rotatable bonds is 13. The van der Waals surface area contributed by atoms with Crippen LogP contribution in [0.25, 0.3) is 0 Å². The zero-order chi connectivity index (χ0) is 29.3. The Bertz CT molecular complexity index is 1390. The SMILES string of the molecule is CCNC(=O)[C@@H](CC)N(Cc1ccccc1C)C(=O)CN(c1ccc(OCC)cc1)S(=O)(=O)c1ccc(C)cc1. The molecule has 0 bridgehead atoms. The van der Waals surface area contributed by atoms with Crippen LogP contribution in [0.3, 0.4) is 0 Å². The molecule has 0 unspecified atom stereocenters. The van der Waals surface area contributed by atoms with E-state index in [0.29, 0.717) is 31.0 Å². The highest BCUT2D eigenvalue weighted by atomic mass is 32.2. The maximum atomic E-state index is 14.1. The van der Waals surface area contributed by atoms with Gasteiger partial charge >= 0.3 is 0 Å². The first-order valence-corrected chi connectivity index (χ1v) is 15.0. The Kier molecular flexibility index (Phi) is 10.7. The van der Waals surface area contributed by atoms with Gasteiger partial charge < -0.3 is 15.0 Å². The molecule has 0 fully saturated rings. The third-order valence-electron chi connectivity index (χ3n) is 6.66. The van der Waals surface area contributed by atoms with E-state index in [1.54, 1.807) is 36.4 Å². The second-order valence-electron chi connectivity index (χ2n) is 9.52. The lowest BCUT2D eigenvalue weighted by molar-refractivity contribution is -0.140.